The molecule has 1 saturated heterocycles. The van der Waals surface area contributed by atoms with Crippen LogP contribution in [0.1, 0.15) is 24.6 Å². The smallest absolute Gasteiger partial charge is 0.237 e. The Bertz CT molecular complexity index is 648. The van der Waals surface area contributed by atoms with Gasteiger partial charge < -0.3 is 10.7 Å². The van der Waals surface area contributed by atoms with E-state index in [1.165, 1.54) is 6.20 Å². The molecular formula is C11H11N5O2. The fraction of sp³-hybridized carbons (Fsp3) is 0.273. The van der Waals surface area contributed by atoms with Gasteiger partial charge in [0.15, 0.2) is 5.65 Å². The van der Waals surface area contributed by atoms with Crippen molar-refractivity contribution in [1.29, 1.82) is 0 Å². The van der Waals surface area contributed by atoms with Crippen molar-refractivity contribution in [3.63, 3.8) is 0 Å². The predicted molar refractivity (Wildman–Crippen MR) is 63.4 cm³/mol. The number of nitrogen functional groups attached to an aromatic ring is 1. The van der Waals surface area contributed by atoms with Crippen molar-refractivity contribution in [3.8, 4) is 0 Å². The molecule has 0 aliphatic carbocycles. The zero-order valence-corrected chi connectivity index (χ0v) is 9.43. The van der Waals surface area contributed by atoms with Crippen LogP contribution in [0.25, 0.3) is 11.2 Å². The van der Waals surface area contributed by atoms with Crippen molar-refractivity contribution in [3.05, 3.63) is 18.1 Å². The molecule has 7 nitrogen and oxygen atoms in total. The number of nitrogens with two attached hydrogens (primary N) is 1. The Labute approximate surface area is 102 Å². The monoisotopic (exact) mass is 245 g/mol. The molecule has 3 heterocycles. The molecule has 0 radical (unpaired) electrons. The second-order valence-corrected chi connectivity index (χ2v) is 4.27. The molecule has 2 aromatic heterocycles. The fourth-order valence-electron chi connectivity index (χ4n) is 2.05. The number of nitrogens with zero attached hydrogens (tertiary/aromatic N) is 2. The molecular weight excluding hydrogens is 234 g/mol. The third kappa shape index (κ3) is 1.69. The highest BCUT2D eigenvalue weighted by Crippen LogP contribution is 2.24. The number of amides is 2. The van der Waals surface area contributed by atoms with Gasteiger partial charge in [-0.1, -0.05) is 0 Å². The molecule has 1 aliphatic rings. The number of pyridine rings is 1. The number of piperidine rings is 1. The van der Waals surface area contributed by atoms with E-state index in [4.69, 9.17) is 5.73 Å². The van der Waals surface area contributed by atoms with Crippen LogP contribution in [-0.2, 0) is 9.59 Å². The van der Waals surface area contributed by atoms with E-state index < -0.39 is 5.92 Å². The largest absolute Gasteiger partial charge is 0.397 e. The van der Waals surface area contributed by atoms with Gasteiger partial charge in [0.2, 0.25) is 11.8 Å². The summed E-state index contributed by atoms with van der Waals surface area (Å²) >= 11 is 0. The highest BCUT2D eigenvalue weighted by atomic mass is 16.2. The van der Waals surface area contributed by atoms with Crippen molar-refractivity contribution in [2.45, 2.75) is 18.8 Å². The number of hydrogen-bond donors (Lipinski definition) is 3. The molecule has 3 rings (SSSR count). The number of aromatic nitrogens is 3. The second kappa shape index (κ2) is 3.80. The Kier molecular flexibility index (Phi) is 2.26. The van der Waals surface area contributed by atoms with Crippen molar-refractivity contribution in [1.82, 2.24) is 20.3 Å². The summed E-state index contributed by atoms with van der Waals surface area (Å²) in [5.41, 5.74) is 7.36. The van der Waals surface area contributed by atoms with Gasteiger partial charge in [-0.2, -0.15) is 0 Å². The lowest BCUT2D eigenvalue weighted by Crippen LogP contribution is -2.39. The minimum absolute atomic E-state index is 0.241. The zero-order valence-electron chi connectivity index (χ0n) is 9.43. The van der Waals surface area contributed by atoms with E-state index in [0.717, 1.165) is 0 Å². The minimum Gasteiger partial charge on any atom is -0.397 e. The Morgan fingerprint density at radius 3 is 3.00 bits per heavy atom. The first kappa shape index (κ1) is 10.7. The van der Waals surface area contributed by atoms with Crippen LogP contribution in [0.3, 0.4) is 0 Å². The van der Waals surface area contributed by atoms with E-state index in [1.54, 1.807) is 6.07 Å². The molecule has 1 unspecified atom stereocenters. The molecule has 2 amide bonds. The van der Waals surface area contributed by atoms with Crippen molar-refractivity contribution < 1.29 is 9.59 Å². The van der Waals surface area contributed by atoms with Gasteiger partial charge in [0.1, 0.15) is 5.82 Å². The molecule has 7 heteroatoms. The summed E-state index contributed by atoms with van der Waals surface area (Å²) in [6.45, 7) is 0. The summed E-state index contributed by atoms with van der Waals surface area (Å²) in [6.07, 6.45) is 2.29. The Morgan fingerprint density at radius 2 is 2.22 bits per heavy atom. The predicted octanol–water partition coefficient (Wildman–Crippen LogP) is 0.0603. The van der Waals surface area contributed by atoms with Crippen LogP contribution in [0.5, 0.6) is 0 Å². The maximum Gasteiger partial charge on any atom is 0.237 e. The highest BCUT2D eigenvalue weighted by Gasteiger charge is 2.30. The third-order valence-electron chi connectivity index (χ3n) is 2.95. The molecule has 1 aliphatic heterocycles. The van der Waals surface area contributed by atoms with E-state index in [2.05, 4.69) is 20.3 Å². The molecule has 0 saturated carbocycles. The lowest BCUT2D eigenvalue weighted by Gasteiger charge is -2.18. The average Bonchev–Trinajstić information content (AvgIpc) is 2.71. The number of fused-ring (bicyclic) bond motifs is 1. The average molecular weight is 245 g/mol. The van der Waals surface area contributed by atoms with E-state index in [-0.39, 0.29) is 11.8 Å². The summed E-state index contributed by atoms with van der Waals surface area (Å²) in [4.78, 5) is 34.1. The summed E-state index contributed by atoms with van der Waals surface area (Å²) in [7, 11) is 0. The van der Waals surface area contributed by atoms with Crippen LogP contribution in [0.4, 0.5) is 5.69 Å². The van der Waals surface area contributed by atoms with Gasteiger partial charge in [0.05, 0.1) is 23.3 Å². The first-order valence-electron chi connectivity index (χ1n) is 5.58. The first-order chi connectivity index (χ1) is 8.63. The van der Waals surface area contributed by atoms with Crippen LogP contribution in [-0.4, -0.2) is 26.8 Å². The molecule has 2 aromatic rings. The normalized spacial score (nSPS) is 20.1. The van der Waals surface area contributed by atoms with Gasteiger partial charge in [-0.05, 0) is 12.5 Å². The fourth-order valence-corrected chi connectivity index (χ4v) is 2.05. The molecule has 0 bridgehead atoms. The Morgan fingerprint density at radius 1 is 1.39 bits per heavy atom. The summed E-state index contributed by atoms with van der Waals surface area (Å²) in [6, 6.07) is 1.71. The maximum absolute atomic E-state index is 11.7. The zero-order chi connectivity index (χ0) is 12.7. The molecule has 18 heavy (non-hydrogen) atoms. The first-order valence-corrected chi connectivity index (χ1v) is 5.58. The van der Waals surface area contributed by atoms with Gasteiger partial charge in [0.25, 0.3) is 0 Å². The number of imide groups is 1. The number of imidazole rings is 1. The number of carbonyl (C=O) groups excluding carboxylic acids is 2. The van der Waals surface area contributed by atoms with Crippen molar-refractivity contribution in [2.75, 3.05) is 5.73 Å². The van der Waals surface area contributed by atoms with E-state index in [0.29, 0.717) is 35.5 Å². The number of aromatic amines is 1. The quantitative estimate of drug-likeness (QED) is 0.615. The summed E-state index contributed by atoms with van der Waals surface area (Å²) in [5.74, 6) is -0.473. The topological polar surface area (TPSA) is 114 Å². The SMILES string of the molecule is Nc1cnc2nc(C3CCC(=O)NC3=O)[nH]c2c1. The van der Waals surface area contributed by atoms with Crippen LogP contribution >= 0.6 is 0 Å². The number of carbonyl (C=O) groups is 2. The van der Waals surface area contributed by atoms with Gasteiger partial charge in [-0.15, -0.1) is 0 Å². The van der Waals surface area contributed by atoms with Crippen molar-refractivity contribution in [2.24, 2.45) is 0 Å². The number of H-pyrrole nitrogens is 1. The lowest BCUT2D eigenvalue weighted by molar-refractivity contribution is -0.134. The summed E-state index contributed by atoms with van der Waals surface area (Å²) < 4.78 is 0. The molecule has 1 fully saturated rings. The van der Waals surface area contributed by atoms with Crippen LogP contribution < -0.4 is 11.1 Å². The number of hydrogen-bond acceptors (Lipinski definition) is 5. The molecule has 4 N–H and O–H groups in total. The van der Waals surface area contributed by atoms with Crippen molar-refractivity contribution >= 4 is 28.7 Å². The lowest BCUT2D eigenvalue weighted by atomic mass is 9.98. The molecule has 0 aromatic carbocycles. The molecule has 0 spiro atoms. The van der Waals surface area contributed by atoms with E-state index in [9.17, 15) is 9.59 Å². The van der Waals surface area contributed by atoms with Gasteiger partial charge >= 0.3 is 0 Å². The Balaban J connectivity index is 1.99. The summed E-state index contributed by atoms with van der Waals surface area (Å²) in [5, 5.41) is 2.30. The maximum atomic E-state index is 11.7. The standard InChI is InChI=1S/C11H11N5O2/c12-5-3-7-10(13-4-5)16-9(14-7)6-1-2-8(17)15-11(6)18/h3-4,6H,1-2,12H2,(H,13,14,16)(H,15,17,18). The van der Waals surface area contributed by atoms with Crippen LogP contribution in [0, 0.1) is 0 Å². The number of rotatable bonds is 1. The number of nitrogens with one attached hydrogen (secondary N) is 2. The third-order valence-corrected chi connectivity index (χ3v) is 2.95. The number of anilines is 1. The Hall–Kier alpha value is -2.44. The van der Waals surface area contributed by atoms with Gasteiger partial charge in [-0.25, -0.2) is 9.97 Å². The van der Waals surface area contributed by atoms with Gasteiger partial charge in [0, 0.05) is 6.42 Å². The second-order valence-electron chi connectivity index (χ2n) is 4.27. The highest BCUT2D eigenvalue weighted by molar-refractivity contribution is 6.00. The van der Waals surface area contributed by atoms with Gasteiger partial charge in [-0.3, -0.25) is 14.9 Å². The van der Waals surface area contributed by atoms with Crippen LogP contribution in [0.15, 0.2) is 12.3 Å². The van der Waals surface area contributed by atoms with E-state index in [1.807, 2.05) is 0 Å². The molecule has 92 valence electrons. The molecule has 1 atom stereocenters. The van der Waals surface area contributed by atoms with E-state index >= 15 is 0 Å². The minimum atomic E-state index is -0.432. The van der Waals surface area contributed by atoms with Crippen LogP contribution in [0.2, 0.25) is 0 Å².